The molecule has 1 amide bonds. The fourth-order valence-electron chi connectivity index (χ4n) is 3.50. The summed E-state index contributed by atoms with van der Waals surface area (Å²) < 4.78 is 7.20. The van der Waals surface area contributed by atoms with Crippen LogP contribution in [0.2, 0.25) is 0 Å². The second-order valence-electron chi connectivity index (χ2n) is 9.35. The number of rotatable bonds is 7. The highest BCUT2D eigenvalue weighted by molar-refractivity contribution is 8.00. The summed E-state index contributed by atoms with van der Waals surface area (Å²) in [5.74, 6) is 7.27. The maximum absolute atomic E-state index is 12.8. The lowest BCUT2D eigenvalue weighted by Gasteiger charge is -2.19. The highest BCUT2D eigenvalue weighted by Crippen LogP contribution is 2.27. The molecule has 0 saturated carbocycles. The van der Waals surface area contributed by atoms with Gasteiger partial charge in [0.15, 0.2) is 5.82 Å². The Balaban J connectivity index is 1.60. The maximum atomic E-state index is 12.8. The molecule has 3 N–H and O–H groups in total. The van der Waals surface area contributed by atoms with Crippen LogP contribution in [0.3, 0.4) is 0 Å². The number of nitrogens with zero attached hydrogens (tertiary/aromatic N) is 3. The van der Waals surface area contributed by atoms with Crippen molar-refractivity contribution in [3.8, 4) is 5.75 Å². The zero-order valence-corrected chi connectivity index (χ0v) is 21.2. The number of nitrogens with two attached hydrogens (primary N) is 1. The number of carbonyl (C=O) groups excluding carboxylic acids is 1. The van der Waals surface area contributed by atoms with Crippen LogP contribution < -0.4 is 15.9 Å². The van der Waals surface area contributed by atoms with Crippen LogP contribution in [0.5, 0.6) is 5.75 Å². The summed E-state index contributed by atoms with van der Waals surface area (Å²) in [5.41, 5.74) is 5.41. The van der Waals surface area contributed by atoms with E-state index in [9.17, 15) is 4.79 Å². The second-order valence-corrected chi connectivity index (χ2v) is 10.7. The van der Waals surface area contributed by atoms with Gasteiger partial charge in [0.1, 0.15) is 12.4 Å². The molecule has 1 atom stereocenters. The molecule has 8 heteroatoms. The minimum atomic E-state index is -0.407. The summed E-state index contributed by atoms with van der Waals surface area (Å²) in [7, 11) is 0. The van der Waals surface area contributed by atoms with Crippen LogP contribution in [0.15, 0.2) is 41.6 Å². The summed E-state index contributed by atoms with van der Waals surface area (Å²) in [5, 5.41) is 11.4. The first-order valence-corrected chi connectivity index (χ1v) is 11.8. The van der Waals surface area contributed by atoms with E-state index in [0.717, 1.165) is 22.6 Å². The molecule has 0 saturated heterocycles. The molecule has 7 nitrogen and oxygen atoms in total. The molecule has 1 heterocycles. The summed E-state index contributed by atoms with van der Waals surface area (Å²) in [6.07, 6.45) is 0. The number of thioether (sulfide) groups is 1. The monoisotopic (exact) mass is 467 g/mol. The average Bonchev–Trinajstić information content (AvgIpc) is 3.08. The fraction of sp³-hybridized carbons (Fsp3) is 0.400. The molecule has 3 rings (SSSR count). The van der Waals surface area contributed by atoms with Gasteiger partial charge in [-0.2, -0.15) is 0 Å². The number of nitrogen functional groups attached to an aromatic ring is 1. The Kier molecular flexibility index (Phi) is 7.37. The zero-order valence-electron chi connectivity index (χ0n) is 20.4. The fourth-order valence-corrected chi connectivity index (χ4v) is 4.29. The lowest BCUT2D eigenvalue weighted by molar-refractivity contribution is -0.115. The van der Waals surface area contributed by atoms with Crippen LogP contribution >= 0.6 is 11.8 Å². The van der Waals surface area contributed by atoms with E-state index >= 15 is 0 Å². The number of nitrogens with one attached hydrogen (secondary N) is 1. The van der Waals surface area contributed by atoms with Crippen molar-refractivity contribution in [1.82, 2.24) is 14.9 Å². The Hall–Kier alpha value is -3.00. The van der Waals surface area contributed by atoms with Crippen molar-refractivity contribution < 1.29 is 9.53 Å². The van der Waals surface area contributed by atoms with Gasteiger partial charge >= 0.3 is 0 Å². The molecule has 1 unspecified atom stereocenters. The van der Waals surface area contributed by atoms with Gasteiger partial charge < -0.3 is 15.9 Å². The van der Waals surface area contributed by atoms with Crippen molar-refractivity contribution >= 4 is 23.4 Å². The van der Waals surface area contributed by atoms with Crippen LogP contribution in [0.25, 0.3) is 0 Å². The molecule has 0 spiro atoms. The molecule has 0 fully saturated rings. The highest BCUT2D eigenvalue weighted by atomic mass is 32.2. The van der Waals surface area contributed by atoms with Crippen LogP contribution in [0.1, 0.15) is 55.8 Å². The molecule has 0 aliphatic carbocycles. The largest absolute Gasteiger partial charge is 0.486 e. The van der Waals surface area contributed by atoms with Crippen molar-refractivity contribution in [2.75, 3.05) is 11.2 Å². The van der Waals surface area contributed by atoms with E-state index in [-0.39, 0.29) is 17.9 Å². The third kappa shape index (κ3) is 6.07. The zero-order chi connectivity index (χ0) is 24.3. The van der Waals surface area contributed by atoms with Crippen molar-refractivity contribution in [1.29, 1.82) is 0 Å². The predicted octanol–water partition coefficient (Wildman–Crippen LogP) is 4.91. The smallest absolute Gasteiger partial charge is 0.237 e. The Morgan fingerprint density at radius 1 is 1.12 bits per heavy atom. The number of carbonyl (C=O) groups is 1. The number of amides is 1. The minimum Gasteiger partial charge on any atom is -0.486 e. The van der Waals surface area contributed by atoms with Gasteiger partial charge in [-0.25, -0.2) is 4.68 Å². The average molecular weight is 468 g/mol. The van der Waals surface area contributed by atoms with Gasteiger partial charge in [-0.3, -0.25) is 4.79 Å². The Morgan fingerprint density at radius 2 is 1.73 bits per heavy atom. The minimum absolute atomic E-state index is 0.0852. The summed E-state index contributed by atoms with van der Waals surface area (Å²) in [6.45, 7) is 14.5. The maximum Gasteiger partial charge on any atom is 0.237 e. The first-order chi connectivity index (χ1) is 15.5. The summed E-state index contributed by atoms with van der Waals surface area (Å²) in [4.78, 5) is 12.8. The molecular weight excluding hydrogens is 434 g/mol. The number of ether oxygens (including phenoxy) is 1. The lowest BCUT2D eigenvalue weighted by atomic mass is 9.87. The molecule has 0 aliphatic heterocycles. The van der Waals surface area contributed by atoms with E-state index in [1.165, 1.54) is 27.6 Å². The molecule has 2 aromatic carbocycles. The van der Waals surface area contributed by atoms with Gasteiger partial charge in [0, 0.05) is 5.69 Å². The SMILES string of the molecule is Cc1cc(C)c(NC(=O)C(C)Sc2nnc(COc3ccc(C(C)(C)C)cc3)n2N)c(C)c1. The Morgan fingerprint density at radius 3 is 2.30 bits per heavy atom. The number of hydrogen-bond acceptors (Lipinski definition) is 6. The van der Waals surface area contributed by atoms with Gasteiger partial charge in [-0.1, -0.05) is 62.4 Å². The van der Waals surface area contributed by atoms with Gasteiger partial charge in [-0.15, -0.1) is 10.2 Å². The van der Waals surface area contributed by atoms with Gasteiger partial charge in [0.25, 0.3) is 0 Å². The molecular formula is C25H33N5O2S. The molecule has 33 heavy (non-hydrogen) atoms. The third-order valence-electron chi connectivity index (χ3n) is 5.40. The molecule has 3 aromatic rings. The molecule has 0 radical (unpaired) electrons. The van der Waals surface area contributed by atoms with E-state index in [1.54, 1.807) is 0 Å². The Labute approximate surface area is 200 Å². The lowest BCUT2D eigenvalue weighted by Crippen LogP contribution is -2.25. The van der Waals surface area contributed by atoms with Crippen molar-refractivity contribution in [3.63, 3.8) is 0 Å². The predicted molar refractivity (Wildman–Crippen MR) is 134 cm³/mol. The van der Waals surface area contributed by atoms with Crippen LogP contribution in [0, 0.1) is 20.8 Å². The highest BCUT2D eigenvalue weighted by Gasteiger charge is 2.21. The van der Waals surface area contributed by atoms with E-state index < -0.39 is 5.25 Å². The van der Waals surface area contributed by atoms with E-state index in [1.807, 2.05) is 39.8 Å². The second kappa shape index (κ2) is 9.87. The topological polar surface area (TPSA) is 95.1 Å². The third-order valence-corrected chi connectivity index (χ3v) is 6.46. The quantitative estimate of drug-likeness (QED) is 0.379. The number of hydrogen-bond donors (Lipinski definition) is 2. The van der Waals surface area contributed by atoms with E-state index in [4.69, 9.17) is 10.6 Å². The number of aryl methyl sites for hydroxylation is 3. The molecule has 0 aliphatic rings. The number of aromatic nitrogens is 3. The molecule has 0 bridgehead atoms. The van der Waals surface area contributed by atoms with Gasteiger partial charge in [0.05, 0.1) is 5.25 Å². The normalized spacial score (nSPS) is 12.5. The van der Waals surface area contributed by atoms with E-state index in [2.05, 4.69) is 60.6 Å². The number of anilines is 1. The summed E-state index contributed by atoms with van der Waals surface area (Å²) >= 11 is 1.26. The van der Waals surface area contributed by atoms with Gasteiger partial charge in [-0.05, 0) is 61.9 Å². The van der Waals surface area contributed by atoms with Crippen molar-refractivity contribution in [2.45, 2.75) is 70.9 Å². The van der Waals surface area contributed by atoms with Crippen LogP contribution in [-0.2, 0) is 16.8 Å². The van der Waals surface area contributed by atoms with E-state index in [0.29, 0.717) is 11.0 Å². The van der Waals surface area contributed by atoms with Gasteiger partial charge in [0.2, 0.25) is 11.1 Å². The van der Waals surface area contributed by atoms with Crippen molar-refractivity contribution in [3.05, 3.63) is 64.5 Å². The van der Waals surface area contributed by atoms with Crippen molar-refractivity contribution in [2.24, 2.45) is 0 Å². The first kappa shape index (κ1) is 24.6. The first-order valence-electron chi connectivity index (χ1n) is 10.9. The summed E-state index contributed by atoms with van der Waals surface area (Å²) in [6, 6.07) is 12.1. The number of benzene rings is 2. The molecule has 176 valence electrons. The van der Waals surface area contributed by atoms with Crippen LogP contribution in [-0.4, -0.2) is 26.0 Å². The van der Waals surface area contributed by atoms with Crippen LogP contribution in [0.4, 0.5) is 5.69 Å². The standard InChI is InChI=1S/C25H33N5O2S/c1-15-12-16(2)22(17(3)13-15)27-23(31)18(4)33-24-29-28-21(30(24)26)14-32-20-10-8-19(9-11-20)25(5,6)7/h8-13,18H,14,26H2,1-7H3,(H,27,31). The molecule has 1 aromatic heterocycles. The Bertz CT molecular complexity index is 1110.